The summed E-state index contributed by atoms with van der Waals surface area (Å²) in [7, 11) is -3.71. The Hall–Kier alpha value is -0.790. The van der Waals surface area contributed by atoms with Crippen molar-refractivity contribution >= 4 is 31.7 Å². The molecular formula is C11H11BrFNO3S. The molecule has 1 atom stereocenters. The lowest BCUT2D eigenvalue weighted by atomic mass is 10.1. The first kappa shape index (κ1) is 13.6. The maximum Gasteiger partial charge on any atom is 0.243 e. The van der Waals surface area contributed by atoms with E-state index in [1.807, 2.05) is 0 Å². The van der Waals surface area contributed by atoms with Gasteiger partial charge in [0, 0.05) is 17.4 Å². The minimum Gasteiger partial charge on any atom is -0.296 e. The number of hydrogen-bond donors (Lipinski definition) is 0. The van der Waals surface area contributed by atoms with Gasteiger partial charge in [-0.3, -0.25) is 4.79 Å². The summed E-state index contributed by atoms with van der Waals surface area (Å²) in [5.41, 5.74) is 0. The van der Waals surface area contributed by atoms with Crippen LogP contribution in [0.15, 0.2) is 33.6 Å². The second-order valence-electron chi connectivity index (χ2n) is 4.00. The lowest BCUT2D eigenvalue weighted by Crippen LogP contribution is -2.45. The Morgan fingerprint density at radius 2 is 1.89 bits per heavy atom. The van der Waals surface area contributed by atoms with Crippen LogP contribution in [-0.2, 0) is 14.8 Å². The summed E-state index contributed by atoms with van der Waals surface area (Å²) >= 11 is 3.21. The van der Waals surface area contributed by atoms with Crippen molar-refractivity contribution in [2.24, 2.45) is 0 Å². The SMILES string of the molecule is O=C1CCN(S(=O)(=O)c2ccc(Br)cc2)CC1F. The van der Waals surface area contributed by atoms with Gasteiger partial charge in [-0.25, -0.2) is 12.8 Å². The standard InChI is InChI=1S/C11H11BrFNO3S/c12-8-1-3-9(4-2-8)18(16,17)14-6-5-11(15)10(13)7-14/h1-4,10H,5-7H2. The second kappa shape index (κ2) is 5.07. The number of piperidine rings is 1. The summed E-state index contributed by atoms with van der Waals surface area (Å²) in [5.74, 6) is -0.530. The number of nitrogens with zero attached hydrogens (tertiary/aromatic N) is 1. The molecule has 0 aliphatic carbocycles. The Morgan fingerprint density at radius 3 is 2.44 bits per heavy atom. The van der Waals surface area contributed by atoms with Crippen LogP contribution >= 0.6 is 15.9 Å². The van der Waals surface area contributed by atoms with Gasteiger partial charge >= 0.3 is 0 Å². The van der Waals surface area contributed by atoms with Crippen molar-refractivity contribution in [3.05, 3.63) is 28.7 Å². The topological polar surface area (TPSA) is 54.5 Å². The third-order valence-corrected chi connectivity index (χ3v) is 5.18. The smallest absolute Gasteiger partial charge is 0.243 e. The van der Waals surface area contributed by atoms with E-state index in [1.54, 1.807) is 12.1 Å². The molecule has 2 rings (SSSR count). The Labute approximate surface area is 113 Å². The zero-order chi connectivity index (χ0) is 13.3. The van der Waals surface area contributed by atoms with Gasteiger partial charge in [-0.2, -0.15) is 4.31 Å². The van der Waals surface area contributed by atoms with E-state index >= 15 is 0 Å². The normalized spacial score (nSPS) is 22.1. The summed E-state index contributed by atoms with van der Waals surface area (Å²) in [6, 6.07) is 6.11. The predicted octanol–water partition coefficient (Wildman–Crippen LogP) is 1.75. The van der Waals surface area contributed by atoms with Crippen molar-refractivity contribution in [3.63, 3.8) is 0 Å². The Kier molecular flexibility index (Phi) is 3.84. The van der Waals surface area contributed by atoms with Crippen LogP contribution in [0.2, 0.25) is 0 Å². The number of rotatable bonds is 2. The molecule has 18 heavy (non-hydrogen) atoms. The van der Waals surface area contributed by atoms with Crippen LogP contribution in [0.5, 0.6) is 0 Å². The fraction of sp³-hybridized carbons (Fsp3) is 0.364. The molecule has 1 fully saturated rings. The zero-order valence-corrected chi connectivity index (χ0v) is 11.7. The van der Waals surface area contributed by atoms with Crippen LogP contribution in [0.1, 0.15) is 6.42 Å². The number of benzene rings is 1. The molecular weight excluding hydrogens is 325 g/mol. The van der Waals surface area contributed by atoms with Crippen LogP contribution < -0.4 is 0 Å². The first-order valence-electron chi connectivity index (χ1n) is 5.34. The molecule has 0 radical (unpaired) electrons. The summed E-state index contributed by atoms with van der Waals surface area (Å²) in [5, 5.41) is 0. The number of carbonyl (C=O) groups excluding carboxylic acids is 1. The van der Waals surface area contributed by atoms with Crippen LogP contribution in [0, 0.1) is 0 Å². The maximum absolute atomic E-state index is 13.3. The largest absolute Gasteiger partial charge is 0.296 e. The quantitative estimate of drug-likeness (QED) is 0.827. The molecule has 1 heterocycles. The highest BCUT2D eigenvalue weighted by molar-refractivity contribution is 9.10. The fourth-order valence-corrected chi connectivity index (χ4v) is 3.44. The molecule has 1 saturated heterocycles. The van der Waals surface area contributed by atoms with Crippen molar-refractivity contribution in [1.29, 1.82) is 0 Å². The summed E-state index contributed by atoms with van der Waals surface area (Å²) in [6.07, 6.45) is -1.79. The molecule has 0 saturated carbocycles. The fourth-order valence-electron chi connectivity index (χ4n) is 1.74. The van der Waals surface area contributed by atoms with Gasteiger partial charge < -0.3 is 0 Å². The molecule has 98 valence electrons. The number of halogens is 2. The van der Waals surface area contributed by atoms with Crippen molar-refractivity contribution < 1.29 is 17.6 Å². The summed E-state index contributed by atoms with van der Waals surface area (Å²) in [4.78, 5) is 11.1. The lowest BCUT2D eigenvalue weighted by Gasteiger charge is -2.27. The molecule has 0 aromatic heterocycles. The maximum atomic E-state index is 13.3. The molecule has 1 unspecified atom stereocenters. The van der Waals surface area contributed by atoms with E-state index in [0.29, 0.717) is 0 Å². The molecule has 0 bridgehead atoms. The van der Waals surface area contributed by atoms with Crippen LogP contribution in [0.4, 0.5) is 4.39 Å². The molecule has 0 N–H and O–H groups in total. The van der Waals surface area contributed by atoms with Crippen molar-refractivity contribution in [2.45, 2.75) is 17.5 Å². The lowest BCUT2D eigenvalue weighted by molar-refractivity contribution is -0.126. The number of Topliss-reactive ketones (excluding diaryl/α,β-unsaturated/α-hetero) is 1. The van der Waals surface area contributed by atoms with E-state index in [2.05, 4.69) is 15.9 Å². The molecule has 4 nitrogen and oxygen atoms in total. The van der Waals surface area contributed by atoms with Crippen LogP contribution in [0.3, 0.4) is 0 Å². The predicted molar refractivity (Wildman–Crippen MR) is 67.4 cm³/mol. The Morgan fingerprint density at radius 1 is 1.28 bits per heavy atom. The average Bonchev–Trinajstić information content (AvgIpc) is 2.33. The summed E-state index contributed by atoms with van der Waals surface area (Å²) in [6.45, 7) is -0.352. The first-order valence-corrected chi connectivity index (χ1v) is 7.57. The van der Waals surface area contributed by atoms with Gasteiger partial charge in [-0.05, 0) is 24.3 Å². The highest BCUT2D eigenvalue weighted by Gasteiger charge is 2.34. The molecule has 1 aromatic carbocycles. The van der Waals surface area contributed by atoms with Gasteiger partial charge in [0.1, 0.15) is 0 Å². The first-order chi connectivity index (χ1) is 8.41. The van der Waals surface area contributed by atoms with Gasteiger partial charge in [0.05, 0.1) is 11.4 Å². The monoisotopic (exact) mass is 335 g/mol. The van der Waals surface area contributed by atoms with Crippen molar-refractivity contribution in [2.75, 3.05) is 13.1 Å². The molecule has 1 aliphatic rings. The van der Waals surface area contributed by atoms with Gasteiger partial charge in [0.2, 0.25) is 10.0 Å². The highest BCUT2D eigenvalue weighted by atomic mass is 79.9. The Balaban J connectivity index is 2.26. The molecule has 1 aromatic rings. The van der Waals surface area contributed by atoms with E-state index in [4.69, 9.17) is 0 Å². The molecule has 1 aliphatic heterocycles. The van der Waals surface area contributed by atoms with Gasteiger partial charge in [-0.1, -0.05) is 15.9 Å². The van der Waals surface area contributed by atoms with E-state index in [1.165, 1.54) is 12.1 Å². The van der Waals surface area contributed by atoms with E-state index in [0.717, 1.165) is 8.78 Å². The zero-order valence-electron chi connectivity index (χ0n) is 9.34. The van der Waals surface area contributed by atoms with E-state index in [9.17, 15) is 17.6 Å². The summed E-state index contributed by atoms with van der Waals surface area (Å²) < 4.78 is 39.4. The van der Waals surface area contributed by atoms with Gasteiger partial charge in [0.15, 0.2) is 12.0 Å². The van der Waals surface area contributed by atoms with Crippen molar-refractivity contribution in [3.8, 4) is 0 Å². The molecule has 0 spiro atoms. The third-order valence-electron chi connectivity index (χ3n) is 2.77. The number of hydrogen-bond acceptors (Lipinski definition) is 3. The number of sulfonamides is 1. The number of ketones is 1. The van der Waals surface area contributed by atoms with Gasteiger partial charge in [0.25, 0.3) is 0 Å². The van der Waals surface area contributed by atoms with E-state index in [-0.39, 0.29) is 17.9 Å². The average molecular weight is 336 g/mol. The molecule has 7 heteroatoms. The highest BCUT2D eigenvalue weighted by Crippen LogP contribution is 2.22. The second-order valence-corrected chi connectivity index (χ2v) is 6.85. The van der Waals surface area contributed by atoms with Crippen LogP contribution in [0.25, 0.3) is 0 Å². The van der Waals surface area contributed by atoms with Crippen LogP contribution in [-0.4, -0.2) is 37.8 Å². The number of carbonyl (C=O) groups is 1. The minimum absolute atomic E-state index is 0.0393. The Bertz CT molecular complexity index is 558. The van der Waals surface area contributed by atoms with E-state index < -0.39 is 28.5 Å². The van der Waals surface area contributed by atoms with Crippen molar-refractivity contribution in [1.82, 2.24) is 4.31 Å². The molecule has 0 amide bonds. The number of alkyl halides is 1. The minimum atomic E-state index is -3.71. The van der Waals surface area contributed by atoms with Gasteiger partial charge in [-0.15, -0.1) is 0 Å². The third kappa shape index (κ3) is 2.62.